The first-order chi connectivity index (χ1) is 22.0. The van der Waals surface area contributed by atoms with Crippen LogP contribution in [0.5, 0.6) is 0 Å². The van der Waals surface area contributed by atoms with Crippen LogP contribution in [0.1, 0.15) is 30.5 Å². The van der Waals surface area contributed by atoms with E-state index in [-0.39, 0.29) is 5.41 Å². The van der Waals surface area contributed by atoms with Gasteiger partial charge in [0.15, 0.2) is 7.28 Å². The van der Waals surface area contributed by atoms with Crippen molar-refractivity contribution in [1.82, 2.24) is 0 Å². The Kier molecular flexibility index (Phi) is 6.07. The number of fused-ring (bicyclic) bond motifs is 6. The van der Waals surface area contributed by atoms with E-state index in [1.165, 1.54) is 75.4 Å². The highest BCUT2D eigenvalue weighted by molar-refractivity contribution is 8.05. The van der Waals surface area contributed by atoms with E-state index in [4.69, 9.17) is 0 Å². The van der Waals surface area contributed by atoms with Crippen molar-refractivity contribution >= 4 is 70.2 Å². The van der Waals surface area contributed by atoms with Crippen molar-refractivity contribution in [2.75, 3.05) is 10.2 Å². The van der Waals surface area contributed by atoms with Crippen LogP contribution in [0.15, 0.2) is 141 Å². The minimum absolute atomic E-state index is 0.0704. The topological polar surface area (TPSA) is 15.3 Å². The Hall–Kier alpha value is -4.32. The third kappa shape index (κ3) is 4.21. The van der Waals surface area contributed by atoms with Crippen LogP contribution in [0.2, 0.25) is 0 Å². The lowest BCUT2D eigenvalue weighted by Gasteiger charge is -2.46. The van der Waals surface area contributed by atoms with Crippen LogP contribution in [0.4, 0.5) is 28.4 Å². The minimum atomic E-state index is -0.0704. The summed E-state index contributed by atoms with van der Waals surface area (Å²) < 4.78 is 0. The predicted octanol–water partition coefficient (Wildman–Crippen LogP) is 9.83. The second-order valence-electron chi connectivity index (χ2n) is 12.8. The molecule has 0 aromatic heterocycles. The number of hydrogen-bond donors (Lipinski definition) is 1. The lowest BCUT2D eigenvalue weighted by atomic mass is 9.56. The molecule has 5 heteroatoms. The number of nitrogens with zero attached hydrogens (tertiary/aromatic N) is 1. The van der Waals surface area contributed by atoms with Crippen molar-refractivity contribution in [3.63, 3.8) is 0 Å². The van der Waals surface area contributed by atoms with Crippen LogP contribution in [-0.4, -0.2) is 7.28 Å². The minimum Gasteiger partial charge on any atom is -0.355 e. The number of anilines is 5. The Labute approximate surface area is 274 Å². The van der Waals surface area contributed by atoms with Gasteiger partial charge in [-0.1, -0.05) is 116 Å². The van der Waals surface area contributed by atoms with Crippen LogP contribution >= 0.6 is 23.5 Å². The molecule has 0 saturated carbocycles. The fourth-order valence-electron chi connectivity index (χ4n) is 7.41. The van der Waals surface area contributed by atoms with Gasteiger partial charge in [0.25, 0.3) is 0 Å². The predicted molar refractivity (Wildman–Crippen MR) is 194 cm³/mol. The molecule has 0 amide bonds. The quantitative estimate of drug-likeness (QED) is 0.199. The maximum absolute atomic E-state index is 3.83. The van der Waals surface area contributed by atoms with Gasteiger partial charge in [0.1, 0.15) is 0 Å². The van der Waals surface area contributed by atoms with Crippen LogP contribution in [0, 0.1) is 6.92 Å². The van der Waals surface area contributed by atoms with Crippen LogP contribution < -0.4 is 21.1 Å². The van der Waals surface area contributed by atoms with Gasteiger partial charge in [0.05, 0.1) is 5.69 Å². The highest BCUT2D eigenvalue weighted by Gasteiger charge is 2.41. The lowest BCUT2D eigenvalue weighted by Crippen LogP contribution is -2.45. The summed E-state index contributed by atoms with van der Waals surface area (Å²) in [5.41, 5.74) is 15.5. The van der Waals surface area contributed by atoms with E-state index in [1.807, 2.05) is 23.5 Å². The van der Waals surface area contributed by atoms with Crippen LogP contribution in [0.3, 0.4) is 0 Å². The molecule has 0 atom stereocenters. The zero-order chi connectivity index (χ0) is 30.3. The first kappa shape index (κ1) is 27.0. The van der Waals surface area contributed by atoms with Gasteiger partial charge in [-0.05, 0) is 83.2 Å². The van der Waals surface area contributed by atoms with Crippen LogP contribution in [-0.2, 0) is 5.41 Å². The molecule has 0 aliphatic carbocycles. The molecule has 3 aliphatic heterocycles. The molecule has 6 aromatic carbocycles. The van der Waals surface area contributed by atoms with Crippen molar-refractivity contribution < 1.29 is 0 Å². The number of para-hydroxylation sites is 3. The summed E-state index contributed by atoms with van der Waals surface area (Å²) in [4.78, 5) is 7.81. The summed E-state index contributed by atoms with van der Waals surface area (Å²) in [6.07, 6.45) is 0. The smallest absolute Gasteiger partial charge is 0.198 e. The van der Waals surface area contributed by atoms with E-state index in [0.29, 0.717) is 0 Å². The van der Waals surface area contributed by atoms with Gasteiger partial charge in [0.2, 0.25) is 0 Å². The first-order valence-corrected chi connectivity index (χ1v) is 17.2. The molecule has 1 N–H and O–H groups in total. The van der Waals surface area contributed by atoms with Gasteiger partial charge in [-0.3, -0.25) is 0 Å². The summed E-state index contributed by atoms with van der Waals surface area (Å²) in [7, 11) is 0.898. The third-order valence-electron chi connectivity index (χ3n) is 9.53. The largest absolute Gasteiger partial charge is 0.355 e. The van der Waals surface area contributed by atoms with Crippen LogP contribution in [0.25, 0.3) is 11.1 Å². The molecule has 216 valence electrons. The number of benzene rings is 6. The average Bonchev–Trinajstić information content (AvgIpc) is 3.05. The molecule has 0 saturated heterocycles. The van der Waals surface area contributed by atoms with E-state index in [9.17, 15) is 0 Å². The fourth-order valence-corrected chi connectivity index (χ4v) is 9.68. The van der Waals surface area contributed by atoms with E-state index in [2.05, 4.69) is 152 Å². The number of hydrogen-bond acceptors (Lipinski definition) is 4. The van der Waals surface area contributed by atoms with E-state index >= 15 is 0 Å². The molecule has 0 radical (unpaired) electrons. The van der Waals surface area contributed by atoms with Crippen molar-refractivity contribution in [2.45, 2.75) is 45.8 Å². The Morgan fingerprint density at radius 1 is 0.622 bits per heavy atom. The zero-order valence-electron chi connectivity index (χ0n) is 25.5. The Morgan fingerprint density at radius 2 is 1.31 bits per heavy atom. The SMILES string of the molecule is Cc1cc(-c2cc3c(cc2Nc2ccccc2)Sc2ccccc2S3)c2c(c1)N1c3ccccc3C(C)(C)c3cccc(c31)B2. The Balaban J connectivity index is 1.28. The highest BCUT2D eigenvalue weighted by Crippen LogP contribution is 2.54. The highest BCUT2D eigenvalue weighted by atomic mass is 32.2. The van der Waals surface area contributed by atoms with Gasteiger partial charge < -0.3 is 10.2 Å². The molecule has 0 bridgehead atoms. The normalized spacial score (nSPS) is 14.7. The molecule has 2 nitrogen and oxygen atoms in total. The molecule has 3 aliphatic rings. The van der Waals surface area contributed by atoms with Gasteiger partial charge in [-0.2, -0.15) is 0 Å². The Bertz CT molecular complexity index is 2170. The van der Waals surface area contributed by atoms with Crippen molar-refractivity contribution in [3.05, 3.63) is 138 Å². The molecule has 6 aromatic rings. The van der Waals surface area contributed by atoms with Gasteiger partial charge in [-0.25, -0.2) is 0 Å². The molecule has 45 heavy (non-hydrogen) atoms. The van der Waals surface area contributed by atoms with Gasteiger partial charge in [0, 0.05) is 53.3 Å². The zero-order valence-corrected chi connectivity index (χ0v) is 27.2. The summed E-state index contributed by atoms with van der Waals surface area (Å²) >= 11 is 3.75. The van der Waals surface area contributed by atoms with Gasteiger partial charge >= 0.3 is 0 Å². The van der Waals surface area contributed by atoms with Crippen molar-refractivity contribution in [2.24, 2.45) is 0 Å². The standard InChI is InChI=1S/C40H31BN2S2/c1-24-20-27(26-22-36-37(45-35-19-10-9-18-34(35)44-36)23-31(26)42-25-12-5-4-6-13-25)38-33(21-24)43-32-17-8-7-14-28(32)40(2,3)29-15-11-16-30(41-38)39(29)43/h4-23,41-42H,1-3H3. The summed E-state index contributed by atoms with van der Waals surface area (Å²) in [5, 5.41) is 3.83. The van der Waals surface area contributed by atoms with E-state index in [1.54, 1.807) is 0 Å². The maximum Gasteiger partial charge on any atom is 0.198 e. The maximum atomic E-state index is 3.83. The van der Waals surface area contributed by atoms with Gasteiger partial charge in [-0.15, -0.1) is 0 Å². The monoisotopic (exact) mass is 614 g/mol. The molecule has 9 rings (SSSR count). The number of aryl methyl sites for hydroxylation is 1. The summed E-state index contributed by atoms with van der Waals surface area (Å²) in [6.45, 7) is 6.99. The average molecular weight is 615 g/mol. The lowest BCUT2D eigenvalue weighted by molar-refractivity contribution is 0.632. The van der Waals surface area contributed by atoms with E-state index < -0.39 is 0 Å². The summed E-state index contributed by atoms with van der Waals surface area (Å²) in [5.74, 6) is 0. The molecule has 0 fully saturated rings. The van der Waals surface area contributed by atoms with Crippen molar-refractivity contribution in [1.29, 1.82) is 0 Å². The molecule has 0 unspecified atom stereocenters. The first-order valence-electron chi connectivity index (χ1n) is 15.6. The number of nitrogens with one attached hydrogen (secondary N) is 1. The molecular formula is C40H31BN2S2. The molecule has 0 spiro atoms. The number of rotatable bonds is 3. The second-order valence-corrected chi connectivity index (χ2v) is 14.9. The third-order valence-corrected chi connectivity index (χ3v) is 12.1. The second kappa shape index (κ2) is 10.1. The molecular weight excluding hydrogens is 583 g/mol. The Morgan fingerprint density at radius 3 is 2.11 bits per heavy atom. The van der Waals surface area contributed by atoms with E-state index in [0.717, 1.165) is 18.7 Å². The molecule has 3 heterocycles. The fraction of sp³-hybridized carbons (Fsp3) is 0.100. The summed E-state index contributed by atoms with van der Waals surface area (Å²) in [6, 6.07) is 44.8. The van der Waals surface area contributed by atoms with Crippen molar-refractivity contribution in [3.8, 4) is 11.1 Å².